The third-order valence-corrected chi connectivity index (χ3v) is 5.16. The second kappa shape index (κ2) is 7.87. The molecule has 1 aromatic heterocycles. The zero-order valence-electron chi connectivity index (χ0n) is 13.7. The predicted octanol–water partition coefficient (Wildman–Crippen LogP) is 3.87. The van der Waals surface area contributed by atoms with Crippen LogP contribution in [0.1, 0.15) is 50.9 Å². The molecule has 0 bridgehead atoms. The summed E-state index contributed by atoms with van der Waals surface area (Å²) in [5.41, 5.74) is 1.14. The normalized spacial score (nSPS) is 21.5. The molecule has 0 saturated heterocycles. The maximum atomic E-state index is 4.75. The van der Waals surface area contributed by atoms with Gasteiger partial charge >= 0.3 is 0 Å². The monoisotopic (exact) mass is 308 g/mol. The van der Waals surface area contributed by atoms with Crippen molar-refractivity contribution >= 4 is 23.4 Å². The lowest BCUT2D eigenvalue weighted by Gasteiger charge is -2.18. The molecule has 1 fully saturated rings. The van der Waals surface area contributed by atoms with Crippen molar-refractivity contribution < 1.29 is 0 Å². The van der Waals surface area contributed by atoms with Crippen molar-refractivity contribution in [2.45, 2.75) is 64.2 Å². The average molecular weight is 308 g/mol. The number of rotatable bonds is 7. The second-order valence-corrected chi connectivity index (χ2v) is 6.89. The second-order valence-electron chi connectivity index (χ2n) is 5.75. The van der Waals surface area contributed by atoms with Crippen molar-refractivity contribution in [1.29, 1.82) is 0 Å². The summed E-state index contributed by atoms with van der Waals surface area (Å²) in [6.45, 7) is 7.27. The van der Waals surface area contributed by atoms with Crippen LogP contribution in [-0.4, -0.2) is 34.1 Å². The minimum absolute atomic E-state index is 0.556. The van der Waals surface area contributed by atoms with Gasteiger partial charge in [-0.1, -0.05) is 6.92 Å². The van der Waals surface area contributed by atoms with E-state index in [1.54, 1.807) is 0 Å². The van der Waals surface area contributed by atoms with Crippen molar-refractivity contribution in [2.75, 3.05) is 23.4 Å². The lowest BCUT2D eigenvalue weighted by Crippen LogP contribution is -2.19. The van der Waals surface area contributed by atoms with E-state index in [0.29, 0.717) is 6.04 Å². The molecule has 2 unspecified atom stereocenters. The summed E-state index contributed by atoms with van der Waals surface area (Å²) < 4.78 is 0. The Morgan fingerprint density at radius 1 is 1.19 bits per heavy atom. The third-order valence-electron chi connectivity index (χ3n) is 4.07. The molecule has 1 aliphatic carbocycles. The van der Waals surface area contributed by atoms with Gasteiger partial charge in [0, 0.05) is 29.8 Å². The number of nitrogens with one attached hydrogen (secondary N) is 2. The van der Waals surface area contributed by atoms with Gasteiger partial charge in [0.25, 0.3) is 0 Å². The van der Waals surface area contributed by atoms with Crippen LogP contribution in [-0.2, 0) is 6.42 Å². The molecule has 0 radical (unpaired) electrons. The Morgan fingerprint density at radius 3 is 2.57 bits per heavy atom. The molecule has 118 valence electrons. The number of aromatic nitrogens is 2. The Labute approximate surface area is 132 Å². The van der Waals surface area contributed by atoms with Gasteiger partial charge in [0.05, 0.1) is 0 Å². The van der Waals surface area contributed by atoms with Crippen molar-refractivity contribution in [3.05, 3.63) is 11.4 Å². The molecule has 1 heterocycles. The van der Waals surface area contributed by atoms with Gasteiger partial charge in [-0.2, -0.15) is 11.8 Å². The number of thioether (sulfide) groups is 1. The van der Waals surface area contributed by atoms with E-state index >= 15 is 0 Å². The van der Waals surface area contributed by atoms with E-state index in [-0.39, 0.29) is 0 Å². The van der Waals surface area contributed by atoms with Crippen molar-refractivity contribution in [2.24, 2.45) is 0 Å². The first kappa shape index (κ1) is 16.4. The maximum Gasteiger partial charge on any atom is 0.134 e. The minimum atomic E-state index is 0.556. The third kappa shape index (κ3) is 4.25. The summed E-state index contributed by atoms with van der Waals surface area (Å²) in [5.74, 6) is 2.95. The SMILES string of the molecule is CCCc1nc(NCC)c(C)c(NC2CCC(SC)C2)n1. The smallest absolute Gasteiger partial charge is 0.134 e. The van der Waals surface area contributed by atoms with E-state index in [4.69, 9.17) is 4.98 Å². The van der Waals surface area contributed by atoms with Crippen LogP contribution in [0.3, 0.4) is 0 Å². The van der Waals surface area contributed by atoms with Crippen molar-refractivity contribution in [1.82, 2.24) is 9.97 Å². The predicted molar refractivity (Wildman–Crippen MR) is 93.5 cm³/mol. The van der Waals surface area contributed by atoms with E-state index in [2.05, 4.69) is 42.6 Å². The number of hydrogen-bond donors (Lipinski definition) is 2. The molecule has 1 saturated carbocycles. The van der Waals surface area contributed by atoms with Crippen LogP contribution in [0.2, 0.25) is 0 Å². The van der Waals surface area contributed by atoms with Crippen LogP contribution in [0, 0.1) is 6.92 Å². The van der Waals surface area contributed by atoms with E-state index in [9.17, 15) is 0 Å². The van der Waals surface area contributed by atoms with E-state index < -0.39 is 0 Å². The molecular formula is C16H28N4S. The van der Waals surface area contributed by atoms with Crippen LogP contribution in [0.25, 0.3) is 0 Å². The molecule has 2 N–H and O–H groups in total. The molecule has 4 nitrogen and oxygen atoms in total. The van der Waals surface area contributed by atoms with Crippen LogP contribution >= 0.6 is 11.8 Å². The van der Waals surface area contributed by atoms with Gasteiger partial charge in [-0.3, -0.25) is 0 Å². The Kier molecular flexibility index (Phi) is 6.15. The van der Waals surface area contributed by atoms with Gasteiger partial charge in [-0.05, 0) is 45.8 Å². The first-order valence-corrected chi connectivity index (χ1v) is 9.37. The summed E-state index contributed by atoms with van der Waals surface area (Å²) in [6.07, 6.45) is 8.02. The summed E-state index contributed by atoms with van der Waals surface area (Å²) in [7, 11) is 0. The highest BCUT2D eigenvalue weighted by Crippen LogP contribution is 2.31. The average Bonchev–Trinajstić information content (AvgIpc) is 2.92. The largest absolute Gasteiger partial charge is 0.370 e. The first-order valence-electron chi connectivity index (χ1n) is 8.08. The highest BCUT2D eigenvalue weighted by molar-refractivity contribution is 7.99. The lowest BCUT2D eigenvalue weighted by atomic mass is 10.2. The summed E-state index contributed by atoms with van der Waals surface area (Å²) in [5, 5.41) is 7.83. The summed E-state index contributed by atoms with van der Waals surface area (Å²) in [6, 6.07) is 0.556. The number of hydrogen-bond acceptors (Lipinski definition) is 5. The van der Waals surface area contributed by atoms with Gasteiger partial charge in [-0.25, -0.2) is 9.97 Å². The molecule has 21 heavy (non-hydrogen) atoms. The molecule has 2 atom stereocenters. The highest BCUT2D eigenvalue weighted by Gasteiger charge is 2.25. The zero-order valence-corrected chi connectivity index (χ0v) is 14.5. The number of anilines is 2. The standard InChI is InChI=1S/C16H28N4S/c1-5-7-14-19-15(17-6-2)11(3)16(20-14)18-12-8-9-13(10-12)21-4/h12-13H,5-10H2,1-4H3,(H2,17,18,19,20). The van der Waals surface area contributed by atoms with Gasteiger partial charge in [-0.15, -0.1) is 0 Å². The molecule has 0 aliphatic heterocycles. The van der Waals surface area contributed by atoms with Crippen LogP contribution in [0.4, 0.5) is 11.6 Å². The van der Waals surface area contributed by atoms with Crippen molar-refractivity contribution in [3.8, 4) is 0 Å². The Balaban J connectivity index is 2.16. The van der Waals surface area contributed by atoms with Gasteiger partial charge in [0.2, 0.25) is 0 Å². The van der Waals surface area contributed by atoms with Gasteiger partial charge in [0.15, 0.2) is 0 Å². The number of aryl methyl sites for hydroxylation is 1. The van der Waals surface area contributed by atoms with E-state index in [0.717, 1.165) is 47.7 Å². The molecule has 0 aromatic carbocycles. The topological polar surface area (TPSA) is 49.8 Å². The fraction of sp³-hybridized carbons (Fsp3) is 0.750. The first-order chi connectivity index (χ1) is 10.2. The van der Waals surface area contributed by atoms with Gasteiger partial charge in [0.1, 0.15) is 17.5 Å². The molecule has 5 heteroatoms. The maximum absolute atomic E-state index is 4.75. The quantitative estimate of drug-likeness (QED) is 0.801. The Hall–Kier alpha value is -0.970. The molecule has 1 aromatic rings. The van der Waals surface area contributed by atoms with Crippen LogP contribution < -0.4 is 10.6 Å². The molecule has 2 rings (SSSR count). The Bertz CT molecular complexity index is 464. The number of nitrogens with zero attached hydrogens (tertiary/aromatic N) is 2. The fourth-order valence-electron chi connectivity index (χ4n) is 2.86. The van der Waals surface area contributed by atoms with Crippen LogP contribution in [0.15, 0.2) is 0 Å². The van der Waals surface area contributed by atoms with E-state index in [1.165, 1.54) is 19.3 Å². The molecule has 0 spiro atoms. The summed E-state index contributed by atoms with van der Waals surface area (Å²) in [4.78, 5) is 9.40. The molecular weight excluding hydrogens is 280 g/mol. The lowest BCUT2D eigenvalue weighted by molar-refractivity contribution is 0.743. The minimum Gasteiger partial charge on any atom is -0.370 e. The fourth-order valence-corrected chi connectivity index (χ4v) is 3.65. The molecule has 1 aliphatic rings. The van der Waals surface area contributed by atoms with Crippen molar-refractivity contribution in [3.63, 3.8) is 0 Å². The summed E-state index contributed by atoms with van der Waals surface area (Å²) >= 11 is 1.99. The molecule has 0 amide bonds. The highest BCUT2D eigenvalue weighted by atomic mass is 32.2. The van der Waals surface area contributed by atoms with Crippen LogP contribution in [0.5, 0.6) is 0 Å². The van der Waals surface area contributed by atoms with E-state index in [1.807, 2.05) is 11.8 Å². The zero-order chi connectivity index (χ0) is 15.2. The van der Waals surface area contributed by atoms with Gasteiger partial charge < -0.3 is 10.6 Å². The Morgan fingerprint density at radius 2 is 1.95 bits per heavy atom.